The Hall–Kier alpha value is -1.10. The Bertz CT molecular complexity index is 477. The molecule has 1 N–H and O–H groups in total. The van der Waals surface area contributed by atoms with Crippen molar-refractivity contribution in [3.05, 3.63) is 0 Å². The van der Waals surface area contributed by atoms with Crippen molar-refractivity contribution in [2.24, 2.45) is 5.92 Å². The fourth-order valence-electron chi connectivity index (χ4n) is 4.27. The molecule has 208 valence electrons. The molecule has 5 heteroatoms. The van der Waals surface area contributed by atoms with Crippen LogP contribution < -0.4 is 0 Å². The van der Waals surface area contributed by atoms with Gasteiger partial charge in [-0.25, -0.2) is 0 Å². The van der Waals surface area contributed by atoms with Crippen LogP contribution in [0.5, 0.6) is 0 Å². The van der Waals surface area contributed by atoms with E-state index >= 15 is 0 Å². The molecule has 0 aromatic heterocycles. The van der Waals surface area contributed by atoms with E-state index in [-0.39, 0.29) is 25.2 Å². The SMILES string of the molecule is CCCCCCCCCCCC(=O)O[C@@H](CO)COC(=O)CCCCCCCCCCCC(C)C. The van der Waals surface area contributed by atoms with Crippen LogP contribution in [0, 0.1) is 5.92 Å². The van der Waals surface area contributed by atoms with E-state index in [1.54, 1.807) is 0 Å². The fourth-order valence-corrected chi connectivity index (χ4v) is 4.27. The molecule has 0 unspecified atom stereocenters. The number of unbranched alkanes of at least 4 members (excludes halogenated alkanes) is 16. The number of rotatable bonds is 26. The van der Waals surface area contributed by atoms with Gasteiger partial charge in [-0.15, -0.1) is 0 Å². The average molecular weight is 499 g/mol. The van der Waals surface area contributed by atoms with Gasteiger partial charge in [-0.2, -0.15) is 0 Å². The minimum absolute atomic E-state index is 0.0599. The first-order chi connectivity index (χ1) is 17.0. The smallest absolute Gasteiger partial charge is 0.306 e. The van der Waals surface area contributed by atoms with Gasteiger partial charge in [0, 0.05) is 12.8 Å². The third-order valence-corrected chi connectivity index (χ3v) is 6.58. The summed E-state index contributed by atoms with van der Waals surface area (Å²) in [5.41, 5.74) is 0. The number of ether oxygens (including phenoxy) is 2. The van der Waals surface area contributed by atoms with Gasteiger partial charge in [0.15, 0.2) is 6.10 Å². The predicted octanol–water partition coefficient (Wildman–Crippen LogP) is 8.30. The van der Waals surface area contributed by atoms with Gasteiger partial charge in [-0.1, -0.05) is 130 Å². The zero-order valence-electron chi connectivity index (χ0n) is 23.5. The lowest BCUT2D eigenvalue weighted by Gasteiger charge is -2.15. The summed E-state index contributed by atoms with van der Waals surface area (Å²) in [6.07, 6.45) is 23.0. The molecule has 0 aromatic rings. The van der Waals surface area contributed by atoms with E-state index < -0.39 is 6.10 Å². The minimum Gasteiger partial charge on any atom is -0.462 e. The van der Waals surface area contributed by atoms with Gasteiger partial charge in [-0.05, 0) is 18.8 Å². The minimum atomic E-state index is -0.759. The third kappa shape index (κ3) is 25.8. The molecule has 0 spiro atoms. The summed E-state index contributed by atoms with van der Waals surface area (Å²) in [6.45, 7) is 6.42. The molecule has 1 atom stereocenters. The van der Waals surface area contributed by atoms with Crippen molar-refractivity contribution in [3.8, 4) is 0 Å². The van der Waals surface area contributed by atoms with Crippen LogP contribution in [0.25, 0.3) is 0 Å². The molecule has 0 fully saturated rings. The lowest BCUT2D eigenvalue weighted by molar-refractivity contribution is -0.161. The summed E-state index contributed by atoms with van der Waals surface area (Å²) in [5, 5.41) is 9.44. The van der Waals surface area contributed by atoms with Crippen LogP contribution in [0.4, 0.5) is 0 Å². The number of hydrogen-bond donors (Lipinski definition) is 1. The van der Waals surface area contributed by atoms with E-state index in [2.05, 4.69) is 20.8 Å². The lowest BCUT2D eigenvalue weighted by Crippen LogP contribution is -2.28. The molecule has 0 heterocycles. The van der Waals surface area contributed by atoms with Gasteiger partial charge >= 0.3 is 11.9 Å². The Morgan fingerprint density at radius 3 is 1.51 bits per heavy atom. The molecular weight excluding hydrogens is 440 g/mol. The molecule has 0 aliphatic heterocycles. The summed E-state index contributed by atoms with van der Waals surface area (Å²) in [4.78, 5) is 23.9. The molecular formula is C30H58O5. The maximum atomic E-state index is 12.0. The van der Waals surface area contributed by atoms with E-state index in [0.29, 0.717) is 12.8 Å². The van der Waals surface area contributed by atoms with E-state index in [4.69, 9.17) is 9.47 Å². The van der Waals surface area contributed by atoms with Crippen LogP contribution in [0.15, 0.2) is 0 Å². The van der Waals surface area contributed by atoms with Crippen LogP contribution in [0.2, 0.25) is 0 Å². The van der Waals surface area contributed by atoms with Gasteiger partial charge in [0.2, 0.25) is 0 Å². The predicted molar refractivity (Wildman–Crippen MR) is 145 cm³/mol. The molecule has 0 saturated heterocycles. The highest BCUT2D eigenvalue weighted by Crippen LogP contribution is 2.14. The first-order valence-corrected chi connectivity index (χ1v) is 15.0. The summed E-state index contributed by atoms with van der Waals surface area (Å²) >= 11 is 0. The van der Waals surface area contributed by atoms with E-state index in [1.807, 2.05) is 0 Å². The molecule has 0 aromatic carbocycles. The molecule has 0 saturated carbocycles. The van der Waals surface area contributed by atoms with Crippen molar-refractivity contribution in [2.75, 3.05) is 13.2 Å². The maximum absolute atomic E-state index is 12.0. The first kappa shape index (κ1) is 33.9. The second-order valence-corrected chi connectivity index (χ2v) is 10.7. The Labute approximate surface area is 217 Å². The van der Waals surface area contributed by atoms with Crippen molar-refractivity contribution in [3.63, 3.8) is 0 Å². The van der Waals surface area contributed by atoms with Crippen LogP contribution in [0.1, 0.15) is 156 Å². The third-order valence-electron chi connectivity index (χ3n) is 6.58. The van der Waals surface area contributed by atoms with Crippen molar-refractivity contribution in [2.45, 2.75) is 162 Å². The summed E-state index contributed by atoms with van der Waals surface area (Å²) in [7, 11) is 0. The Morgan fingerprint density at radius 2 is 1.06 bits per heavy atom. The molecule has 0 amide bonds. The van der Waals surface area contributed by atoms with E-state index in [9.17, 15) is 14.7 Å². The Kier molecular flexibility index (Phi) is 25.2. The molecule has 35 heavy (non-hydrogen) atoms. The molecule has 0 aliphatic rings. The lowest BCUT2D eigenvalue weighted by atomic mass is 10.0. The zero-order chi connectivity index (χ0) is 26.0. The van der Waals surface area contributed by atoms with E-state index in [0.717, 1.165) is 44.4 Å². The van der Waals surface area contributed by atoms with Crippen LogP contribution >= 0.6 is 0 Å². The topological polar surface area (TPSA) is 72.8 Å². The van der Waals surface area contributed by atoms with Crippen LogP contribution in [-0.4, -0.2) is 36.4 Å². The Balaban J connectivity index is 3.58. The Morgan fingerprint density at radius 1 is 0.629 bits per heavy atom. The average Bonchev–Trinajstić information content (AvgIpc) is 2.83. The quantitative estimate of drug-likeness (QED) is 0.0959. The number of carbonyl (C=O) groups excluding carboxylic acids is 2. The number of aliphatic hydroxyl groups excluding tert-OH is 1. The van der Waals surface area contributed by atoms with Gasteiger partial charge in [0.25, 0.3) is 0 Å². The van der Waals surface area contributed by atoms with Crippen molar-refractivity contribution >= 4 is 11.9 Å². The van der Waals surface area contributed by atoms with Crippen molar-refractivity contribution in [1.82, 2.24) is 0 Å². The summed E-state index contributed by atoms with van der Waals surface area (Å²) in [5.74, 6) is 0.229. The molecule has 0 bridgehead atoms. The number of esters is 2. The van der Waals surface area contributed by atoms with Gasteiger partial charge < -0.3 is 14.6 Å². The normalized spacial score (nSPS) is 12.1. The zero-order valence-corrected chi connectivity index (χ0v) is 23.5. The molecule has 0 rings (SSSR count). The number of hydrogen-bond acceptors (Lipinski definition) is 5. The van der Waals surface area contributed by atoms with Gasteiger partial charge in [0.1, 0.15) is 6.61 Å². The summed E-state index contributed by atoms with van der Waals surface area (Å²) in [6, 6.07) is 0. The molecule has 5 nitrogen and oxygen atoms in total. The fraction of sp³-hybridized carbons (Fsp3) is 0.933. The van der Waals surface area contributed by atoms with Gasteiger partial charge in [0.05, 0.1) is 6.61 Å². The van der Waals surface area contributed by atoms with E-state index in [1.165, 1.54) is 83.5 Å². The second-order valence-electron chi connectivity index (χ2n) is 10.7. The summed E-state index contributed by atoms with van der Waals surface area (Å²) < 4.78 is 10.5. The molecule has 0 aliphatic carbocycles. The number of aliphatic hydroxyl groups is 1. The second kappa shape index (κ2) is 26.0. The highest BCUT2D eigenvalue weighted by molar-refractivity contribution is 5.70. The standard InChI is InChI=1S/C30H58O5/c1-4-5-6-7-8-10-15-18-21-24-30(33)35-28(25-31)26-34-29(32)23-20-17-14-12-9-11-13-16-19-22-27(2)3/h27-28,31H,4-26H2,1-3H3/t28-/m0/s1. The largest absolute Gasteiger partial charge is 0.462 e. The first-order valence-electron chi connectivity index (χ1n) is 15.0. The van der Waals surface area contributed by atoms with Crippen molar-refractivity contribution < 1.29 is 24.2 Å². The molecule has 0 radical (unpaired) electrons. The highest BCUT2D eigenvalue weighted by atomic mass is 16.6. The monoisotopic (exact) mass is 498 g/mol. The van der Waals surface area contributed by atoms with Crippen LogP contribution in [-0.2, 0) is 19.1 Å². The number of carbonyl (C=O) groups is 2. The van der Waals surface area contributed by atoms with Gasteiger partial charge in [-0.3, -0.25) is 9.59 Å². The highest BCUT2D eigenvalue weighted by Gasteiger charge is 2.16. The van der Waals surface area contributed by atoms with Crippen LogP contribution in [0.3, 0.4) is 0 Å². The maximum Gasteiger partial charge on any atom is 0.306 e. The van der Waals surface area contributed by atoms with Crippen molar-refractivity contribution in [1.29, 1.82) is 0 Å².